The van der Waals surface area contributed by atoms with Gasteiger partial charge in [-0.1, -0.05) is 81.1 Å². The number of alkyl halides is 6. The van der Waals surface area contributed by atoms with Crippen molar-refractivity contribution in [2.24, 2.45) is 5.41 Å². The Morgan fingerprint density at radius 3 is 2.16 bits per heavy atom. The summed E-state index contributed by atoms with van der Waals surface area (Å²) >= 11 is 21.0. The molecule has 1 unspecified atom stereocenters. The fraction of sp³-hybridized carbons (Fsp3) is 0.267. The smallest absolute Gasteiger partial charge is 0.352 e. The molecule has 0 radical (unpaired) electrons. The third kappa shape index (κ3) is 8.15. The van der Waals surface area contributed by atoms with E-state index >= 15 is 0 Å². The molecule has 1 aliphatic carbocycles. The summed E-state index contributed by atoms with van der Waals surface area (Å²) in [6.07, 6.45) is -6.26. The van der Waals surface area contributed by atoms with Gasteiger partial charge in [-0.2, -0.15) is 26.3 Å². The van der Waals surface area contributed by atoms with Crippen LogP contribution in [0, 0.1) is 5.41 Å². The van der Waals surface area contributed by atoms with Gasteiger partial charge in [0, 0.05) is 23.0 Å². The number of allylic oxidation sites excluding steroid dienone is 1. The van der Waals surface area contributed by atoms with E-state index in [1.807, 2.05) is 0 Å². The minimum absolute atomic E-state index is 0.0534. The highest BCUT2D eigenvalue weighted by Gasteiger charge is 2.51. The first-order chi connectivity index (χ1) is 20.0. The van der Waals surface area contributed by atoms with Crippen molar-refractivity contribution < 1.29 is 35.9 Å². The van der Waals surface area contributed by atoms with E-state index in [4.69, 9.17) is 34.8 Å². The number of Topliss-reactive ketones (excluding diaryl/α,β-unsaturated/α-hetero) is 1. The van der Waals surface area contributed by atoms with Crippen LogP contribution in [-0.4, -0.2) is 17.9 Å². The van der Waals surface area contributed by atoms with Gasteiger partial charge in [0.1, 0.15) is 0 Å². The highest BCUT2D eigenvalue weighted by Crippen LogP contribution is 2.50. The zero-order valence-corrected chi connectivity index (χ0v) is 25.7. The average molecular weight is 728 g/mol. The van der Waals surface area contributed by atoms with E-state index in [1.54, 1.807) is 0 Å². The number of ketones is 1. The summed E-state index contributed by atoms with van der Waals surface area (Å²) in [4.78, 5) is 26.0. The predicted octanol–water partition coefficient (Wildman–Crippen LogP) is 10.5. The van der Waals surface area contributed by atoms with E-state index in [-0.39, 0.29) is 50.5 Å². The summed E-state index contributed by atoms with van der Waals surface area (Å²) in [6, 6.07) is 11.2. The number of hydrogen-bond acceptors (Lipinski definition) is 2. The van der Waals surface area contributed by atoms with Crippen molar-refractivity contribution in [1.82, 2.24) is 5.32 Å². The maximum Gasteiger partial charge on any atom is 0.416 e. The highest BCUT2D eigenvalue weighted by molar-refractivity contribution is 9.10. The lowest BCUT2D eigenvalue weighted by atomic mass is 9.93. The van der Waals surface area contributed by atoms with Crippen molar-refractivity contribution in [2.75, 3.05) is 0 Å². The van der Waals surface area contributed by atoms with Crippen molar-refractivity contribution in [2.45, 2.75) is 44.1 Å². The molecule has 0 aliphatic heterocycles. The number of hydrogen-bond donors (Lipinski definition) is 1. The SMILES string of the molecule is O=C(CC1(C(=O)NCc2cccc(C(F)(F)F)c2)CC1)c1ccc(/C=C/C(c2cc(Cl)c(Cl)c(Cl)c2)C(F)(F)F)cc1Br. The molecule has 3 aromatic carbocycles. The van der Waals surface area contributed by atoms with Crippen LogP contribution in [-0.2, 0) is 17.5 Å². The molecular formula is C30H21BrCl3F6NO2. The molecule has 0 heterocycles. The van der Waals surface area contributed by atoms with Crippen molar-refractivity contribution in [3.8, 4) is 0 Å². The minimum Gasteiger partial charge on any atom is -0.352 e. The Kier molecular flexibility index (Phi) is 9.96. The van der Waals surface area contributed by atoms with Gasteiger partial charge in [0.05, 0.1) is 32.0 Å². The normalized spacial score (nSPS) is 15.4. The molecule has 3 aromatic rings. The molecule has 1 amide bonds. The summed E-state index contributed by atoms with van der Waals surface area (Å²) < 4.78 is 80.8. The van der Waals surface area contributed by atoms with E-state index in [0.717, 1.165) is 30.3 Å². The molecule has 13 heteroatoms. The van der Waals surface area contributed by atoms with Crippen LogP contribution in [0.25, 0.3) is 6.08 Å². The topological polar surface area (TPSA) is 46.2 Å². The van der Waals surface area contributed by atoms with Gasteiger partial charge in [0.15, 0.2) is 5.78 Å². The quantitative estimate of drug-likeness (QED) is 0.136. The maximum absolute atomic E-state index is 13.9. The van der Waals surface area contributed by atoms with E-state index in [0.29, 0.717) is 22.9 Å². The second kappa shape index (κ2) is 12.8. The third-order valence-corrected chi connectivity index (χ3v) is 8.89. The van der Waals surface area contributed by atoms with Gasteiger partial charge >= 0.3 is 12.4 Å². The average Bonchev–Trinajstić information content (AvgIpc) is 3.70. The molecule has 0 saturated heterocycles. The van der Waals surface area contributed by atoms with E-state index in [9.17, 15) is 35.9 Å². The lowest BCUT2D eigenvalue weighted by molar-refractivity contribution is -0.139. The number of carbonyl (C=O) groups is 2. The molecule has 1 fully saturated rings. The summed E-state index contributed by atoms with van der Waals surface area (Å²) in [5.41, 5.74) is -1.13. The molecule has 0 spiro atoms. The Bertz CT molecular complexity index is 1560. The Morgan fingerprint density at radius 1 is 0.953 bits per heavy atom. The summed E-state index contributed by atoms with van der Waals surface area (Å²) in [6.45, 7) is -0.128. The first kappa shape index (κ1) is 33.4. The summed E-state index contributed by atoms with van der Waals surface area (Å²) in [5.74, 6) is -2.84. The van der Waals surface area contributed by atoms with Gasteiger partial charge in [-0.05, 0) is 65.9 Å². The van der Waals surface area contributed by atoms with Gasteiger partial charge < -0.3 is 5.32 Å². The number of benzene rings is 3. The maximum atomic E-state index is 13.9. The highest BCUT2D eigenvalue weighted by atomic mass is 79.9. The zero-order chi connectivity index (χ0) is 31.7. The second-order valence-electron chi connectivity index (χ2n) is 10.2. The second-order valence-corrected chi connectivity index (χ2v) is 12.2. The van der Waals surface area contributed by atoms with E-state index < -0.39 is 35.2 Å². The minimum atomic E-state index is -4.66. The summed E-state index contributed by atoms with van der Waals surface area (Å²) in [5, 5.41) is 2.34. The lowest BCUT2D eigenvalue weighted by Gasteiger charge is -2.18. The van der Waals surface area contributed by atoms with Crippen molar-refractivity contribution >= 4 is 68.5 Å². The van der Waals surface area contributed by atoms with Crippen LogP contribution in [0.1, 0.15) is 57.8 Å². The molecular weight excluding hydrogens is 707 g/mol. The Balaban J connectivity index is 1.44. The molecule has 0 aromatic heterocycles. The molecule has 1 N–H and O–H groups in total. The fourth-order valence-electron chi connectivity index (χ4n) is 4.50. The van der Waals surface area contributed by atoms with Crippen LogP contribution in [0.4, 0.5) is 26.3 Å². The van der Waals surface area contributed by atoms with Crippen LogP contribution in [0.3, 0.4) is 0 Å². The van der Waals surface area contributed by atoms with Gasteiger partial charge in [0.2, 0.25) is 5.91 Å². The van der Waals surface area contributed by atoms with Crippen LogP contribution < -0.4 is 5.32 Å². The predicted molar refractivity (Wildman–Crippen MR) is 157 cm³/mol. The number of nitrogens with one attached hydrogen (secondary N) is 1. The number of halogens is 10. The first-order valence-corrected chi connectivity index (χ1v) is 14.6. The molecule has 228 valence electrons. The van der Waals surface area contributed by atoms with Crippen LogP contribution in [0.2, 0.25) is 15.1 Å². The zero-order valence-electron chi connectivity index (χ0n) is 21.9. The van der Waals surface area contributed by atoms with Gasteiger partial charge in [0.25, 0.3) is 0 Å². The van der Waals surface area contributed by atoms with Crippen LogP contribution >= 0.6 is 50.7 Å². The molecule has 4 rings (SSSR count). The molecule has 3 nitrogen and oxygen atoms in total. The monoisotopic (exact) mass is 725 g/mol. The van der Waals surface area contributed by atoms with Crippen molar-refractivity contribution in [3.05, 3.63) is 108 Å². The Labute approximate surface area is 266 Å². The van der Waals surface area contributed by atoms with Crippen LogP contribution in [0.15, 0.2) is 65.1 Å². The molecule has 0 bridgehead atoms. The van der Waals surface area contributed by atoms with Crippen LogP contribution in [0.5, 0.6) is 0 Å². The number of rotatable bonds is 9. The largest absolute Gasteiger partial charge is 0.416 e. The fourth-order valence-corrected chi connectivity index (χ4v) is 5.73. The Morgan fingerprint density at radius 2 is 1.60 bits per heavy atom. The van der Waals surface area contributed by atoms with E-state index in [2.05, 4.69) is 21.2 Å². The molecule has 1 saturated carbocycles. The summed E-state index contributed by atoms with van der Waals surface area (Å²) in [7, 11) is 0. The number of amides is 1. The van der Waals surface area contributed by atoms with Crippen molar-refractivity contribution in [1.29, 1.82) is 0 Å². The lowest BCUT2D eigenvalue weighted by Crippen LogP contribution is -2.33. The van der Waals surface area contributed by atoms with E-state index in [1.165, 1.54) is 36.4 Å². The standard InChI is InChI=1S/C30H21BrCl3F6NO2/c31-22-11-16(5-7-21(30(38,39)40)18-12-23(32)26(34)24(33)13-18)4-6-20(22)25(42)14-28(8-9-28)27(43)41-15-17-2-1-3-19(10-17)29(35,36)37/h1-7,10-13,21H,8-9,14-15H2,(H,41,43)/b7-5+. The van der Waals surface area contributed by atoms with Gasteiger partial charge in [-0.3, -0.25) is 9.59 Å². The van der Waals surface area contributed by atoms with Gasteiger partial charge in [-0.25, -0.2) is 0 Å². The van der Waals surface area contributed by atoms with Gasteiger partial charge in [-0.15, -0.1) is 0 Å². The molecule has 43 heavy (non-hydrogen) atoms. The Hall–Kier alpha value is -2.53. The van der Waals surface area contributed by atoms with Crippen molar-refractivity contribution in [3.63, 3.8) is 0 Å². The number of carbonyl (C=O) groups excluding carboxylic acids is 2. The third-order valence-electron chi connectivity index (χ3n) is 7.03. The first-order valence-electron chi connectivity index (χ1n) is 12.7. The molecule has 1 aliphatic rings. The molecule has 1 atom stereocenters.